The Morgan fingerprint density at radius 3 is 3.10 bits per heavy atom. The number of aliphatic hydroxyl groups is 1. The van der Waals surface area contributed by atoms with E-state index < -0.39 is 0 Å². The van der Waals surface area contributed by atoms with E-state index in [4.69, 9.17) is 4.74 Å². The van der Waals surface area contributed by atoms with Gasteiger partial charge in [0.15, 0.2) is 0 Å². The molecule has 0 aliphatic carbocycles. The minimum Gasteiger partial charge on any atom is -0.487 e. The average Bonchev–Trinajstić information content (AvgIpc) is 2.87. The van der Waals surface area contributed by atoms with E-state index >= 15 is 0 Å². The quantitative estimate of drug-likeness (QED) is 0.789. The van der Waals surface area contributed by atoms with Gasteiger partial charge in [-0.1, -0.05) is 11.6 Å². The summed E-state index contributed by atoms with van der Waals surface area (Å²) in [6.45, 7) is 4.44. The number of aryl methyl sites for hydroxylation is 1. The molecule has 0 radical (unpaired) electrons. The third kappa shape index (κ3) is 1.95. The van der Waals surface area contributed by atoms with E-state index in [0.29, 0.717) is 6.04 Å². The molecule has 0 bridgehead atoms. The van der Waals surface area contributed by atoms with Gasteiger partial charge in [0.25, 0.3) is 0 Å². The van der Waals surface area contributed by atoms with Crippen molar-refractivity contribution in [3.05, 3.63) is 29.3 Å². The van der Waals surface area contributed by atoms with Crippen LogP contribution in [0.25, 0.3) is 0 Å². The molecule has 20 heavy (non-hydrogen) atoms. The van der Waals surface area contributed by atoms with Crippen LogP contribution >= 0.6 is 0 Å². The first-order valence-electron chi connectivity index (χ1n) is 7.87. The molecule has 3 nitrogen and oxygen atoms in total. The van der Waals surface area contributed by atoms with Gasteiger partial charge in [0.2, 0.25) is 0 Å². The number of benzene rings is 1. The van der Waals surface area contributed by atoms with E-state index in [0.717, 1.165) is 37.1 Å². The number of hydrogen-bond donors (Lipinski definition) is 1. The highest BCUT2D eigenvalue weighted by Gasteiger charge is 2.47. The van der Waals surface area contributed by atoms with E-state index in [1.807, 2.05) is 6.07 Å². The summed E-state index contributed by atoms with van der Waals surface area (Å²) in [7, 11) is 0. The lowest BCUT2D eigenvalue weighted by Crippen LogP contribution is -2.52. The van der Waals surface area contributed by atoms with Crippen LogP contribution in [-0.4, -0.2) is 34.7 Å². The molecule has 1 spiro atoms. The first-order valence-corrected chi connectivity index (χ1v) is 7.87. The van der Waals surface area contributed by atoms with Crippen molar-refractivity contribution in [3.63, 3.8) is 0 Å². The van der Waals surface area contributed by atoms with Gasteiger partial charge in [-0.3, -0.25) is 0 Å². The summed E-state index contributed by atoms with van der Waals surface area (Å²) in [5, 5.41) is 10.6. The van der Waals surface area contributed by atoms with Crippen LogP contribution in [0.2, 0.25) is 0 Å². The lowest BCUT2D eigenvalue weighted by atomic mass is 9.79. The predicted molar refractivity (Wildman–Crippen MR) is 77.9 cm³/mol. The van der Waals surface area contributed by atoms with Crippen LogP contribution in [0.4, 0.5) is 0 Å². The maximum Gasteiger partial charge on any atom is 0.125 e. The Hall–Kier alpha value is -1.06. The number of rotatable bonds is 0. The zero-order chi connectivity index (χ0) is 13.7. The molecule has 1 aromatic rings. The monoisotopic (exact) mass is 273 g/mol. The third-order valence-electron chi connectivity index (χ3n) is 5.38. The Bertz CT molecular complexity index is 530. The second-order valence-electron chi connectivity index (χ2n) is 6.83. The summed E-state index contributed by atoms with van der Waals surface area (Å²) < 4.78 is 6.41. The Morgan fingerprint density at radius 1 is 1.30 bits per heavy atom. The highest BCUT2D eigenvalue weighted by Crippen LogP contribution is 2.46. The molecule has 2 unspecified atom stereocenters. The molecule has 1 N–H and O–H groups in total. The van der Waals surface area contributed by atoms with Crippen LogP contribution in [0, 0.1) is 6.92 Å². The molecular formula is C17H23NO2. The van der Waals surface area contributed by atoms with Gasteiger partial charge in [-0.2, -0.15) is 0 Å². The van der Waals surface area contributed by atoms with Gasteiger partial charge < -0.3 is 14.7 Å². The standard InChI is InChI=1S/C17H23NO2/c1-12-4-5-16-14(9-12)15(19)11-17(20-16)6-8-18-7-2-3-13(18)10-17/h4-5,9,13,15,19H,2-3,6-8,10-11H2,1H3/t13?,15-,17?/m0/s1. The fraction of sp³-hybridized carbons (Fsp3) is 0.647. The van der Waals surface area contributed by atoms with Crippen molar-refractivity contribution in [1.29, 1.82) is 0 Å². The van der Waals surface area contributed by atoms with Crippen LogP contribution < -0.4 is 4.74 Å². The van der Waals surface area contributed by atoms with Crippen LogP contribution in [0.15, 0.2) is 18.2 Å². The molecule has 3 aliphatic rings. The highest BCUT2D eigenvalue weighted by molar-refractivity contribution is 5.41. The fourth-order valence-electron chi connectivity index (χ4n) is 4.34. The van der Waals surface area contributed by atoms with Gasteiger partial charge in [-0.05, 0) is 44.9 Å². The zero-order valence-corrected chi connectivity index (χ0v) is 12.1. The number of hydrogen-bond acceptors (Lipinski definition) is 3. The largest absolute Gasteiger partial charge is 0.487 e. The lowest BCUT2D eigenvalue weighted by molar-refractivity contribution is -0.0646. The Labute approximate surface area is 120 Å². The summed E-state index contributed by atoms with van der Waals surface area (Å²) in [6, 6.07) is 6.85. The highest BCUT2D eigenvalue weighted by atomic mass is 16.5. The van der Waals surface area contributed by atoms with Gasteiger partial charge in [0.05, 0.1) is 6.10 Å². The SMILES string of the molecule is Cc1ccc2c(c1)[C@@H](O)CC1(CCN3CCCC3C1)O2. The van der Waals surface area contributed by atoms with Crippen molar-refractivity contribution < 1.29 is 9.84 Å². The number of fused-ring (bicyclic) bond motifs is 2. The molecule has 108 valence electrons. The van der Waals surface area contributed by atoms with Gasteiger partial charge in [0.1, 0.15) is 11.4 Å². The molecule has 1 aromatic carbocycles. The van der Waals surface area contributed by atoms with Crippen molar-refractivity contribution in [2.24, 2.45) is 0 Å². The molecular weight excluding hydrogens is 250 g/mol. The second kappa shape index (κ2) is 4.47. The van der Waals surface area contributed by atoms with Crippen molar-refractivity contribution in [2.75, 3.05) is 13.1 Å². The van der Waals surface area contributed by atoms with E-state index in [1.165, 1.54) is 24.9 Å². The van der Waals surface area contributed by atoms with E-state index in [-0.39, 0.29) is 11.7 Å². The topological polar surface area (TPSA) is 32.7 Å². The minimum atomic E-state index is -0.369. The average molecular weight is 273 g/mol. The van der Waals surface area contributed by atoms with Crippen molar-refractivity contribution in [2.45, 2.75) is 56.8 Å². The van der Waals surface area contributed by atoms with Crippen molar-refractivity contribution >= 4 is 0 Å². The maximum absolute atomic E-state index is 10.6. The molecule has 0 aromatic heterocycles. The summed E-state index contributed by atoms with van der Waals surface area (Å²) in [5.74, 6) is 0.904. The first-order chi connectivity index (χ1) is 9.65. The smallest absolute Gasteiger partial charge is 0.125 e. The predicted octanol–water partition coefficient (Wildman–Crippen LogP) is 2.81. The van der Waals surface area contributed by atoms with Crippen LogP contribution in [-0.2, 0) is 0 Å². The molecule has 0 saturated carbocycles. The van der Waals surface area contributed by atoms with E-state index in [1.54, 1.807) is 0 Å². The fourth-order valence-corrected chi connectivity index (χ4v) is 4.34. The van der Waals surface area contributed by atoms with E-state index in [9.17, 15) is 5.11 Å². The number of nitrogens with zero attached hydrogens (tertiary/aromatic N) is 1. The maximum atomic E-state index is 10.6. The molecule has 3 heteroatoms. The van der Waals surface area contributed by atoms with Gasteiger partial charge in [-0.15, -0.1) is 0 Å². The van der Waals surface area contributed by atoms with Crippen LogP contribution in [0.1, 0.15) is 49.3 Å². The molecule has 2 saturated heterocycles. The number of piperidine rings is 1. The Kier molecular flexibility index (Phi) is 2.83. The van der Waals surface area contributed by atoms with Crippen molar-refractivity contribution in [3.8, 4) is 5.75 Å². The zero-order valence-electron chi connectivity index (χ0n) is 12.1. The molecule has 3 atom stereocenters. The Balaban J connectivity index is 1.63. The molecule has 3 heterocycles. The molecule has 0 amide bonds. The minimum absolute atomic E-state index is 0.132. The first kappa shape index (κ1) is 12.7. The Morgan fingerprint density at radius 2 is 2.20 bits per heavy atom. The third-order valence-corrected chi connectivity index (χ3v) is 5.38. The second-order valence-corrected chi connectivity index (χ2v) is 6.83. The summed E-state index contributed by atoms with van der Waals surface area (Å²) >= 11 is 0. The number of aliphatic hydroxyl groups excluding tert-OH is 1. The molecule has 3 aliphatic heterocycles. The van der Waals surface area contributed by atoms with E-state index in [2.05, 4.69) is 24.0 Å². The summed E-state index contributed by atoms with van der Waals surface area (Å²) in [6.07, 6.45) is 5.13. The van der Waals surface area contributed by atoms with Gasteiger partial charge in [0, 0.05) is 31.0 Å². The normalized spacial score (nSPS) is 36.5. The van der Waals surface area contributed by atoms with Gasteiger partial charge >= 0.3 is 0 Å². The molecule has 4 rings (SSSR count). The van der Waals surface area contributed by atoms with Gasteiger partial charge in [-0.25, -0.2) is 0 Å². The summed E-state index contributed by atoms with van der Waals surface area (Å²) in [4.78, 5) is 2.60. The summed E-state index contributed by atoms with van der Waals surface area (Å²) in [5.41, 5.74) is 2.03. The van der Waals surface area contributed by atoms with Crippen LogP contribution in [0.3, 0.4) is 0 Å². The van der Waals surface area contributed by atoms with Crippen molar-refractivity contribution in [1.82, 2.24) is 4.90 Å². The number of ether oxygens (including phenoxy) is 1. The lowest BCUT2D eigenvalue weighted by Gasteiger charge is -2.47. The molecule has 2 fully saturated rings. The van der Waals surface area contributed by atoms with Crippen LogP contribution in [0.5, 0.6) is 5.75 Å².